The third-order valence-corrected chi connectivity index (χ3v) is 4.15. The number of nitrogens with zero attached hydrogens (tertiary/aromatic N) is 3. The predicted octanol–water partition coefficient (Wildman–Crippen LogP) is 2.61. The second kappa shape index (κ2) is 6.05. The second-order valence-electron chi connectivity index (χ2n) is 5.65. The van der Waals surface area contributed by atoms with E-state index in [0.717, 1.165) is 5.56 Å². The molecule has 0 saturated carbocycles. The fourth-order valence-electron chi connectivity index (χ4n) is 2.94. The van der Waals surface area contributed by atoms with Crippen molar-refractivity contribution >= 4 is 11.6 Å². The molecule has 0 atom stereocenters. The minimum Gasteiger partial charge on any atom is -0.378 e. The standard InChI is InChI=1S/C18H16FN3O2/c19-14-6-4-13(5-7-14)17-16(18(23)21-9-11-24-12-10-21)20-15-3-1-2-8-22(15)17/h1-8H,9-12H2. The van der Waals surface area contributed by atoms with Crippen molar-refractivity contribution in [1.29, 1.82) is 0 Å². The zero-order chi connectivity index (χ0) is 16.5. The number of hydrogen-bond donors (Lipinski definition) is 0. The molecule has 5 nitrogen and oxygen atoms in total. The Kier molecular flexibility index (Phi) is 3.74. The van der Waals surface area contributed by atoms with Crippen LogP contribution in [0.3, 0.4) is 0 Å². The second-order valence-corrected chi connectivity index (χ2v) is 5.65. The molecule has 0 bridgehead atoms. The van der Waals surface area contributed by atoms with Crippen LogP contribution in [-0.2, 0) is 4.74 Å². The minimum absolute atomic E-state index is 0.124. The van der Waals surface area contributed by atoms with Gasteiger partial charge in [0.25, 0.3) is 5.91 Å². The van der Waals surface area contributed by atoms with Crippen LogP contribution in [0.15, 0.2) is 48.7 Å². The largest absolute Gasteiger partial charge is 0.378 e. The maximum absolute atomic E-state index is 13.3. The number of benzene rings is 1. The Hall–Kier alpha value is -2.73. The number of halogens is 1. The Labute approximate surface area is 138 Å². The van der Waals surface area contributed by atoms with E-state index in [1.165, 1.54) is 12.1 Å². The van der Waals surface area contributed by atoms with Crippen LogP contribution in [0.4, 0.5) is 4.39 Å². The SMILES string of the molecule is O=C(c1nc2ccccn2c1-c1ccc(F)cc1)N1CCOCC1. The lowest BCUT2D eigenvalue weighted by Gasteiger charge is -2.26. The van der Waals surface area contributed by atoms with E-state index >= 15 is 0 Å². The lowest BCUT2D eigenvalue weighted by Crippen LogP contribution is -2.41. The molecule has 1 aromatic carbocycles. The average molecular weight is 325 g/mol. The highest BCUT2D eigenvalue weighted by Crippen LogP contribution is 2.26. The molecule has 6 heteroatoms. The first-order valence-corrected chi connectivity index (χ1v) is 7.84. The average Bonchev–Trinajstić information content (AvgIpc) is 3.02. The molecule has 24 heavy (non-hydrogen) atoms. The third-order valence-electron chi connectivity index (χ3n) is 4.15. The summed E-state index contributed by atoms with van der Waals surface area (Å²) < 4.78 is 20.5. The van der Waals surface area contributed by atoms with Crippen LogP contribution < -0.4 is 0 Å². The van der Waals surface area contributed by atoms with Crippen molar-refractivity contribution in [1.82, 2.24) is 14.3 Å². The quantitative estimate of drug-likeness (QED) is 0.728. The van der Waals surface area contributed by atoms with Crippen LogP contribution in [-0.4, -0.2) is 46.5 Å². The van der Waals surface area contributed by atoms with E-state index in [4.69, 9.17) is 4.74 Å². The third kappa shape index (κ3) is 2.55. The zero-order valence-electron chi connectivity index (χ0n) is 13.0. The van der Waals surface area contributed by atoms with Crippen LogP contribution in [0.2, 0.25) is 0 Å². The maximum atomic E-state index is 13.3. The Morgan fingerprint density at radius 2 is 1.83 bits per heavy atom. The van der Waals surface area contributed by atoms with E-state index in [-0.39, 0.29) is 11.7 Å². The van der Waals surface area contributed by atoms with Crippen LogP contribution in [0.5, 0.6) is 0 Å². The predicted molar refractivity (Wildman–Crippen MR) is 87.3 cm³/mol. The molecule has 1 aliphatic rings. The van der Waals surface area contributed by atoms with Gasteiger partial charge >= 0.3 is 0 Å². The number of rotatable bonds is 2. The van der Waals surface area contributed by atoms with Gasteiger partial charge in [-0.1, -0.05) is 6.07 Å². The lowest BCUT2D eigenvalue weighted by atomic mass is 10.1. The van der Waals surface area contributed by atoms with Gasteiger partial charge in [0.15, 0.2) is 5.69 Å². The number of carbonyl (C=O) groups excluding carboxylic acids is 1. The van der Waals surface area contributed by atoms with E-state index in [2.05, 4.69) is 4.98 Å². The highest BCUT2D eigenvalue weighted by atomic mass is 19.1. The smallest absolute Gasteiger partial charge is 0.274 e. The van der Waals surface area contributed by atoms with Gasteiger partial charge in [-0.15, -0.1) is 0 Å². The molecule has 0 N–H and O–H groups in total. The molecule has 1 amide bonds. The minimum atomic E-state index is -0.311. The number of fused-ring (bicyclic) bond motifs is 1. The van der Waals surface area contributed by atoms with Crippen molar-refractivity contribution in [3.63, 3.8) is 0 Å². The lowest BCUT2D eigenvalue weighted by molar-refractivity contribution is 0.0300. The Bertz CT molecular complexity index is 883. The van der Waals surface area contributed by atoms with Crippen LogP contribution in [0.1, 0.15) is 10.5 Å². The molecule has 0 aliphatic carbocycles. The number of imidazole rings is 1. The first kappa shape index (κ1) is 14.8. The normalized spacial score (nSPS) is 15.0. The maximum Gasteiger partial charge on any atom is 0.274 e. The van der Waals surface area contributed by atoms with Crippen LogP contribution in [0.25, 0.3) is 16.9 Å². The van der Waals surface area contributed by atoms with Gasteiger partial charge < -0.3 is 9.64 Å². The molecular weight excluding hydrogens is 309 g/mol. The van der Waals surface area contributed by atoms with Crippen molar-refractivity contribution in [2.75, 3.05) is 26.3 Å². The number of hydrogen-bond acceptors (Lipinski definition) is 3. The van der Waals surface area contributed by atoms with Crippen molar-refractivity contribution in [2.24, 2.45) is 0 Å². The van der Waals surface area contributed by atoms with E-state index in [1.54, 1.807) is 17.0 Å². The summed E-state index contributed by atoms with van der Waals surface area (Å²) in [6.07, 6.45) is 1.86. The summed E-state index contributed by atoms with van der Waals surface area (Å²) in [5.74, 6) is -0.435. The van der Waals surface area contributed by atoms with Gasteiger partial charge in [-0.25, -0.2) is 9.37 Å². The fourth-order valence-corrected chi connectivity index (χ4v) is 2.94. The summed E-state index contributed by atoms with van der Waals surface area (Å²) in [6.45, 7) is 2.17. The molecular formula is C18H16FN3O2. The molecule has 122 valence electrons. The molecule has 0 radical (unpaired) electrons. The number of carbonyl (C=O) groups is 1. The van der Waals surface area contributed by atoms with Crippen molar-refractivity contribution in [3.05, 3.63) is 60.2 Å². The number of amides is 1. The van der Waals surface area contributed by atoms with Crippen LogP contribution >= 0.6 is 0 Å². The van der Waals surface area contributed by atoms with Gasteiger partial charge in [0.2, 0.25) is 0 Å². The number of ether oxygens (including phenoxy) is 1. The summed E-state index contributed by atoms with van der Waals surface area (Å²) in [5, 5.41) is 0. The first-order chi connectivity index (χ1) is 11.7. The van der Waals surface area contributed by atoms with E-state index < -0.39 is 0 Å². The Morgan fingerprint density at radius 3 is 2.58 bits per heavy atom. The molecule has 1 aliphatic heterocycles. The molecule has 1 saturated heterocycles. The first-order valence-electron chi connectivity index (χ1n) is 7.84. The highest BCUT2D eigenvalue weighted by Gasteiger charge is 2.26. The summed E-state index contributed by atoms with van der Waals surface area (Å²) in [4.78, 5) is 19.2. The van der Waals surface area contributed by atoms with E-state index in [9.17, 15) is 9.18 Å². The van der Waals surface area contributed by atoms with Crippen molar-refractivity contribution in [2.45, 2.75) is 0 Å². The zero-order valence-corrected chi connectivity index (χ0v) is 13.0. The molecule has 3 aromatic rings. The van der Waals surface area contributed by atoms with Gasteiger partial charge in [0.1, 0.15) is 11.5 Å². The van der Waals surface area contributed by atoms with Gasteiger partial charge in [0.05, 0.1) is 18.9 Å². The van der Waals surface area contributed by atoms with Crippen molar-refractivity contribution < 1.29 is 13.9 Å². The molecule has 0 spiro atoms. The van der Waals surface area contributed by atoms with E-state index in [0.29, 0.717) is 43.3 Å². The Morgan fingerprint density at radius 1 is 1.08 bits per heavy atom. The highest BCUT2D eigenvalue weighted by molar-refractivity contribution is 5.99. The Balaban J connectivity index is 1.86. The number of morpholine rings is 1. The monoisotopic (exact) mass is 325 g/mol. The molecule has 1 fully saturated rings. The van der Waals surface area contributed by atoms with Crippen LogP contribution in [0, 0.1) is 5.82 Å². The summed E-state index contributed by atoms with van der Waals surface area (Å²) >= 11 is 0. The number of pyridine rings is 1. The fraction of sp³-hybridized carbons (Fsp3) is 0.222. The summed E-state index contributed by atoms with van der Waals surface area (Å²) in [6, 6.07) is 11.7. The van der Waals surface area contributed by atoms with Gasteiger partial charge in [0, 0.05) is 24.8 Å². The van der Waals surface area contributed by atoms with Crippen molar-refractivity contribution in [3.8, 4) is 11.3 Å². The summed E-state index contributed by atoms with van der Waals surface area (Å²) in [7, 11) is 0. The van der Waals surface area contributed by atoms with E-state index in [1.807, 2.05) is 28.8 Å². The molecule has 2 aromatic heterocycles. The van der Waals surface area contributed by atoms with Gasteiger partial charge in [-0.05, 0) is 36.4 Å². The molecule has 0 unspecified atom stereocenters. The van der Waals surface area contributed by atoms with Gasteiger partial charge in [-0.2, -0.15) is 0 Å². The summed E-state index contributed by atoms with van der Waals surface area (Å²) in [5.41, 5.74) is 2.51. The number of aromatic nitrogens is 2. The molecule has 4 rings (SSSR count). The molecule has 3 heterocycles. The van der Waals surface area contributed by atoms with Gasteiger partial charge in [-0.3, -0.25) is 9.20 Å². The topological polar surface area (TPSA) is 46.8 Å².